The molecule has 2 aromatic rings. The second-order valence-electron chi connectivity index (χ2n) is 6.95. The van der Waals surface area contributed by atoms with Crippen molar-refractivity contribution in [3.63, 3.8) is 0 Å². The summed E-state index contributed by atoms with van der Waals surface area (Å²) in [6, 6.07) is 3.32. The number of carboxylic acid groups (broad SMARTS) is 1. The number of carbonyl (C=O) groups is 3. The highest BCUT2D eigenvalue weighted by molar-refractivity contribution is 8.01. The summed E-state index contributed by atoms with van der Waals surface area (Å²) in [7, 11) is 1.26. The van der Waals surface area contributed by atoms with Crippen molar-refractivity contribution < 1.29 is 28.4 Å². The molecule has 0 bridgehead atoms. The van der Waals surface area contributed by atoms with E-state index in [1.54, 1.807) is 22.2 Å². The first kappa shape index (κ1) is 24.6. The van der Waals surface area contributed by atoms with Crippen LogP contribution in [-0.4, -0.2) is 86.8 Å². The Bertz CT molecular complexity index is 1220. The van der Waals surface area contributed by atoms with E-state index in [9.17, 15) is 23.7 Å². The van der Waals surface area contributed by atoms with E-state index in [2.05, 4.69) is 20.8 Å². The first-order chi connectivity index (χ1) is 16.4. The average Bonchev–Trinajstić information content (AvgIpc) is 3.52. The van der Waals surface area contributed by atoms with Crippen LogP contribution < -0.4 is 5.32 Å². The topological polar surface area (TPSA) is 157 Å². The van der Waals surface area contributed by atoms with Gasteiger partial charge < -0.3 is 15.2 Å². The Morgan fingerprint density at radius 1 is 1.44 bits per heavy atom. The van der Waals surface area contributed by atoms with Crippen LogP contribution >= 0.6 is 34.9 Å². The maximum Gasteiger partial charge on any atom is 0.352 e. The first-order valence-electron chi connectivity index (χ1n) is 9.75. The zero-order chi connectivity index (χ0) is 24.5. The van der Waals surface area contributed by atoms with Crippen LogP contribution in [0.5, 0.6) is 0 Å². The molecular weight excluding hydrogens is 525 g/mol. The van der Waals surface area contributed by atoms with Gasteiger partial charge in [-0.3, -0.25) is 14.5 Å². The zero-order valence-electron chi connectivity index (χ0n) is 17.8. The predicted octanol–water partition coefficient (Wildman–Crippen LogP) is -0.00700. The molecule has 2 aliphatic heterocycles. The summed E-state index contributed by atoms with van der Waals surface area (Å²) in [5.41, 5.74) is -1.42. The summed E-state index contributed by atoms with van der Waals surface area (Å²) in [5, 5.41) is 25.3. The molecule has 2 aromatic heterocycles. The molecule has 4 heterocycles. The molecule has 0 unspecified atom stereocenters. The van der Waals surface area contributed by atoms with Gasteiger partial charge in [-0.15, -0.1) is 28.2 Å². The molecule has 180 valence electrons. The summed E-state index contributed by atoms with van der Waals surface area (Å²) in [4.78, 5) is 39.7. The number of nitrogens with one attached hydrogen (secondary N) is 1. The lowest BCUT2D eigenvalue weighted by atomic mass is 9.98. The van der Waals surface area contributed by atoms with Gasteiger partial charge in [0.2, 0.25) is 5.16 Å². The van der Waals surface area contributed by atoms with Gasteiger partial charge in [-0.2, -0.15) is 0 Å². The summed E-state index contributed by atoms with van der Waals surface area (Å²) < 4.78 is 18.6. The number of aliphatic carboxylic acids is 1. The van der Waals surface area contributed by atoms with Gasteiger partial charge in [-0.25, -0.2) is 13.7 Å². The molecule has 0 saturated carbocycles. The third-order valence-corrected chi connectivity index (χ3v) is 9.15. The van der Waals surface area contributed by atoms with Crippen molar-refractivity contribution in [3.8, 4) is 0 Å². The number of carboxylic acids is 1. The number of thioether (sulfide) groups is 2. The van der Waals surface area contributed by atoms with Crippen LogP contribution in [0.2, 0.25) is 0 Å². The molecule has 2 aliphatic rings. The zero-order valence-corrected chi connectivity index (χ0v) is 21.1. The van der Waals surface area contributed by atoms with E-state index in [1.807, 2.05) is 6.92 Å². The molecule has 34 heavy (non-hydrogen) atoms. The van der Waals surface area contributed by atoms with E-state index < -0.39 is 28.9 Å². The fourth-order valence-corrected chi connectivity index (χ4v) is 7.23. The minimum absolute atomic E-state index is 0.0196. The second-order valence-corrected chi connectivity index (χ2v) is 10.5. The minimum atomic E-state index is -1.79. The van der Waals surface area contributed by atoms with Crippen molar-refractivity contribution in [1.29, 1.82) is 0 Å². The summed E-state index contributed by atoms with van der Waals surface area (Å²) in [6.45, 7) is 2.44. The Morgan fingerprint density at radius 2 is 2.24 bits per heavy atom. The van der Waals surface area contributed by atoms with E-state index in [4.69, 9.17) is 4.74 Å². The third-order valence-electron chi connectivity index (χ3n) is 5.14. The molecule has 4 rings (SSSR count). The molecule has 2 atom stereocenters. The Kier molecular flexibility index (Phi) is 7.22. The van der Waals surface area contributed by atoms with Gasteiger partial charge in [0.1, 0.15) is 27.2 Å². The summed E-state index contributed by atoms with van der Waals surface area (Å²) in [6.07, 6.45) is 0. The lowest BCUT2D eigenvalue weighted by Crippen LogP contribution is -2.81. The van der Waals surface area contributed by atoms with Gasteiger partial charge in [0.25, 0.3) is 17.5 Å². The number of β-lactam (4-membered cyclic amide) rings is 1. The monoisotopic (exact) mass is 542 g/mol. The van der Waals surface area contributed by atoms with E-state index in [-0.39, 0.29) is 33.3 Å². The summed E-state index contributed by atoms with van der Waals surface area (Å²) in [5.74, 6) is -2.19. The average molecular weight is 543 g/mol. The predicted molar refractivity (Wildman–Crippen MR) is 126 cm³/mol. The molecule has 0 aliphatic carbocycles. The van der Waals surface area contributed by atoms with Gasteiger partial charge in [0.05, 0.1) is 4.88 Å². The Labute approximate surface area is 209 Å². The maximum absolute atomic E-state index is 13.2. The van der Waals surface area contributed by atoms with Gasteiger partial charge in [-0.05, 0) is 34.4 Å². The van der Waals surface area contributed by atoms with Crippen LogP contribution in [0.25, 0.3) is 0 Å². The number of carbonyl (C=O) groups excluding carboxylic acids is 2. The summed E-state index contributed by atoms with van der Waals surface area (Å²) >= 11 is 3.77. The number of thiophene rings is 1. The van der Waals surface area contributed by atoms with Gasteiger partial charge in [-0.1, -0.05) is 17.8 Å². The van der Waals surface area contributed by atoms with E-state index in [0.717, 1.165) is 4.90 Å². The number of amides is 2. The molecule has 0 spiro atoms. The quantitative estimate of drug-likeness (QED) is 0.144. The minimum Gasteiger partial charge on any atom is -0.477 e. The number of tetrazole rings is 1. The molecule has 1 saturated heterocycles. The number of aryl methyl sites for hydroxylation is 1. The molecule has 2 N–H and O–H groups in total. The van der Waals surface area contributed by atoms with Crippen LogP contribution in [0.1, 0.15) is 11.8 Å². The van der Waals surface area contributed by atoms with Crippen LogP contribution in [0.15, 0.2) is 33.9 Å². The standard InChI is InChI=1S/C18H18N6O6S4/c1-3-23-17(20-21-22-23)33-8-9-7-32-16-18(30-2,15(28)24(16)11(9)14(26)27)19-13(25)12(34-29)10-5-4-6-31-10/h4-6,16H,3,7-8H2,1-2H3,(H,19,25)(H,26,27)/t16-,18+/m1/s1. The number of fused-ring (bicyclic) bond motifs is 1. The van der Waals surface area contributed by atoms with Crippen LogP contribution in [0, 0.1) is 0 Å². The van der Waals surface area contributed by atoms with Crippen molar-refractivity contribution in [2.45, 2.75) is 29.7 Å². The number of hydrogen-bond acceptors (Lipinski definition) is 11. The molecule has 12 nitrogen and oxygen atoms in total. The van der Waals surface area contributed by atoms with Crippen LogP contribution in [0.4, 0.5) is 0 Å². The van der Waals surface area contributed by atoms with Gasteiger partial charge >= 0.3 is 5.97 Å². The molecular formula is C18H18N6O6S4. The van der Waals surface area contributed by atoms with Gasteiger partial charge in [0.15, 0.2) is 0 Å². The number of ether oxygens (including phenoxy) is 1. The molecule has 0 aromatic carbocycles. The first-order valence-corrected chi connectivity index (χ1v) is 13.4. The fraction of sp³-hybridized carbons (Fsp3) is 0.389. The largest absolute Gasteiger partial charge is 0.477 e. The lowest BCUT2D eigenvalue weighted by molar-refractivity contribution is -0.191. The van der Waals surface area contributed by atoms with Crippen molar-refractivity contribution in [1.82, 2.24) is 30.4 Å². The van der Waals surface area contributed by atoms with Crippen molar-refractivity contribution in [3.05, 3.63) is 33.7 Å². The van der Waals surface area contributed by atoms with Crippen molar-refractivity contribution in [2.75, 3.05) is 18.6 Å². The van der Waals surface area contributed by atoms with E-state index >= 15 is 0 Å². The smallest absolute Gasteiger partial charge is 0.352 e. The number of methoxy groups -OCH3 is 1. The van der Waals surface area contributed by atoms with E-state index in [0.29, 0.717) is 22.2 Å². The maximum atomic E-state index is 13.2. The Hall–Kier alpha value is -2.53. The van der Waals surface area contributed by atoms with E-state index in [1.165, 1.54) is 42.0 Å². The molecule has 1 fully saturated rings. The van der Waals surface area contributed by atoms with Crippen molar-refractivity contribution in [2.24, 2.45) is 0 Å². The highest BCUT2D eigenvalue weighted by Gasteiger charge is 2.66. The lowest BCUT2D eigenvalue weighted by Gasteiger charge is -2.55. The SMILES string of the molecule is CCn1nnnc1SCC1=C(C(=O)O)N2C(=O)[C@](NC(=O)C(=S=O)c3cccs3)(OC)[C@H]2SC1. The number of rotatable bonds is 9. The Morgan fingerprint density at radius 3 is 2.85 bits per heavy atom. The molecule has 16 heteroatoms. The van der Waals surface area contributed by atoms with Crippen LogP contribution in [0.3, 0.4) is 0 Å². The molecule has 0 radical (unpaired) electrons. The third kappa shape index (κ3) is 4.08. The normalized spacial score (nSPS) is 21.6. The fourth-order valence-electron chi connectivity index (χ4n) is 3.53. The number of nitrogens with zero attached hydrogens (tertiary/aromatic N) is 5. The van der Waals surface area contributed by atoms with Gasteiger partial charge in [0, 0.05) is 25.2 Å². The highest BCUT2D eigenvalue weighted by Crippen LogP contribution is 2.47. The highest BCUT2D eigenvalue weighted by atomic mass is 32.2. The van der Waals surface area contributed by atoms with Crippen LogP contribution in [-0.2, 0) is 36.9 Å². The number of aromatic nitrogens is 4. The second kappa shape index (κ2) is 9.99. The van der Waals surface area contributed by atoms with Crippen molar-refractivity contribution >= 4 is 68.8 Å². The molecule has 2 amide bonds. The number of hydrogen-bond donors (Lipinski definition) is 2. The Balaban J connectivity index is 1.57.